The van der Waals surface area contributed by atoms with Crippen LogP contribution < -0.4 is 10.2 Å². The van der Waals surface area contributed by atoms with Gasteiger partial charge in [0, 0.05) is 26.5 Å². The molecule has 0 saturated heterocycles. The van der Waals surface area contributed by atoms with E-state index in [1.54, 1.807) is 19.4 Å². The van der Waals surface area contributed by atoms with Crippen molar-refractivity contribution in [2.75, 3.05) is 24.3 Å². The molecule has 6 heteroatoms. The molecule has 0 bridgehead atoms. The number of pyridine rings is 1. The van der Waals surface area contributed by atoms with Crippen molar-refractivity contribution < 1.29 is 0 Å². The fourth-order valence-electron chi connectivity index (χ4n) is 1.56. The first-order valence-electron chi connectivity index (χ1n) is 5.52. The van der Waals surface area contributed by atoms with Gasteiger partial charge in [-0.3, -0.25) is 4.98 Å². The van der Waals surface area contributed by atoms with Crippen LogP contribution >= 0.6 is 15.9 Å². The van der Waals surface area contributed by atoms with E-state index >= 15 is 0 Å². The van der Waals surface area contributed by atoms with Crippen molar-refractivity contribution in [3.8, 4) is 0 Å². The highest BCUT2D eigenvalue weighted by atomic mass is 79.9. The Morgan fingerprint density at radius 3 is 2.83 bits per heavy atom. The molecule has 0 unspecified atom stereocenters. The number of halogens is 1. The van der Waals surface area contributed by atoms with Gasteiger partial charge in [-0.05, 0) is 28.1 Å². The second kappa shape index (κ2) is 5.77. The molecule has 1 N–H and O–H groups in total. The Kier molecular flexibility index (Phi) is 4.09. The Labute approximate surface area is 114 Å². The molecular weight excluding hydrogens is 294 g/mol. The fraction of sp³-hybridized carbons (Fsp3) is 0.250. The predicted molar refractivity (Wildman–Crippen MR) is 75.6 cm³/mol. The molecule has 2 aromatic heterocycles. The summed E-state index contributed by atoms with van der Waals surface area (Å²) in [6.07, 6.45) is 3.53. The standard InChI is InChI=1S/C12H14BrN5/c1-14-12-16-7-10(13)11(17-12)18(2)8-9-5-3-4-6-15-9/h3-7H,8H2,1-2H3,(H,14,16,17). The van der Waals surface area contributed by atoms with Crippen molar-refractivity contribution in [1.29, 1.82) is 0 Å². The zero-order valence-corrected chi connectivity index (χ0v) is 11.8. The molecule has 5 nitrogen and oxygen atoms in total. The van der Waals surface area contributed by atoms with Crippen molar-refractivity contribution in [3.63, 3.8) is 0 Å². The summed E-state index contributed by atoms with van der Waals surface area (Å²) < 4.78 is 0.861. The lowest BCUT2D eigenvalue weighted by atomic mass is 10.3. The van der Waals surface area contributed by atoms with Crippen molar-refractivity contribution in [2.45, 2.75) is 6.54 Å². The monoisotopic (exact) mass is 307 g/mol. The lowest BCUT2D eigenvalue weighted by Crippen LogP contribution is -2.19. The van der Waals surface area contributed by atoms with Gasteiger partial charge in [0.25, 0.3) is 0 Å². The first kappa shape index (κ1) is 12.8. The van der Waals surface area contributed by atoms with Crippen LogP contribution in [-0.2, 0) is 6.54 Å². The van der Waals surface area contributed by atoms with Gasteiger partial charge in [0.2, 0.25) is 5.95 Å². The Hall–Kier alpha value is -1.69. The van der Waals surface area contributed by atoms with Crippen molar-refractivity contribution in [3.05, 3.63) is 40.8 Å². The molecule has 0 aliphatic rings. The van der Waals surface area contributed by atoms with E-state index in [0.717, 1.165) is 16.0 Å². The van der Waals surface area contributed by atoms with E-state index in [-0.39, 0.29) is 0 Å². The first-order valence-corrected chi connectivity index (χ1v) is 6.31. The molecule has 2 rings (SSSR count). The third-order valence-electron chi connectivity index (χ3n) is 2.44. The SMILES string of the molecule is CNc1ncc(Br)c(N(C)Cc2ccccn2)n1. The second-order valence-electron chi connectivity index (χ2n) is 3.79. The minimum Gasteiger partial charge on any atom is -0.357 e. The van der Waals surface area contributed by atoms with E-state index in [4.69, 9.17) is 0 Å². The maximum atomic E-state index is 4.42. The van der Waals surface area contributed by atoms with Crippen molar-refractivity contribution >= 4 is 27.7 Å². The third-order valence-corrected chi connectivity index (χ3v) is 3.00. The van der Waals surface area contributed by atoms with Gasteiger partial charge in [0.05, 0.1) is 16.7 Å². The summed E-state index contributed by atoms with van der Waals surface area (Å²) in [5.41, 5.74) is 0.997. The summed E-state index contributed by atoms with van der Waals surface area (Å²) in [5, 5.41) is 2.93. The van der Waals surface area contributed by atoms with E-state index in [1.165, 1.54) is 0 Å². The van der Waals surface area contributed by atoms with Crippen molar-refractivity contribution in [2.24, 2.45) is 0 Å². The fourth-order valence-corrected chi connectivity index (χ4v) is 2.05. The zero-order valence-electron chi connectivity index (χ0n) is 10.3. The van der Waals surface area contributed by atoms with E-state index in [2.05, 4.69) is 36.2 Å². The lowest BCUT2D eigenvalue weighted by Gasteiger charge is -2.19. The summed E-state index contributed by atoms with van der Waals surface area (Å²) in [6, 6.07) is 5.87. The number of hydrogen-bond acceptors (Lipinski definition) is 5. The minimum atomic E-state index is 0.598. The lowest BCUT2D eigenvalue weighted by molar-refractivity contribution is 0.858. The van der Waals surface area contributed by atoms with Crippen molar-refractivity contribution in [1.82, 2.24) is 15.0 Å². The van der Waals surface area contributed by atoms with Gasteiger partial charge >= 0.3 is 0 Å². The largest absolute Gasteiger partial charge is 0.357 e. The maximum absolute atomic E-state index is 4.42. The van der Waals surface area contributed by atoms with Crippen LogP contribution in [0.15, 0.2) is 35.1 Å². The number of nitrogens with zero attached hydrogens (tertiary/aromatic N) is 4. The molecule has 0 aliphatic heterocycles. The van der Waals surface area contributed by atoms with E-state index in [9.17, 15) is 0 Å². The highest BCUT2D eigenvalue weighted by Crippen LogP contribution is 2.24. The van der Waals surface area contributed by atoms with Crippen LogP contribution in [0.25, 0.3) is 0 Å². The second-order valence-corrected chi connectivity index (χ2v) is 4.65. The topological polar surface area (TPSA) is 53.9 Å². The van der Waals surface area contributed by atoms with E-state index in [1.807, 2.05) is 30.1 Å². The van der Waals surface area contributed by atoms with Gasteiger partial charge in [-0.25, -0.2) is 4.98 Å². The van der Waals surface area contributed by atoms with Gasteiger partial charge in [-0.15, -0.1) is 0 Å². The van der Waals surface area contributed by atoms with Gasteiger partial charge in [0.1, 0.15) is 5.82 Å². The van der Waals surface area contributed by atoms with Crippen LogP contribution in [0, 0.1) is 0 Å². The molecule has 0 saturated carbocycles. The molecule has 0 fully saturated rings. The normalized spacial score (nSPS) is 10.2. The maximum Gasteiger partial charge on any atom is 0.224 e. The van der Waals surface area contributed by atoms with Crippen LogP contribution in [0.3, 0.4) is 0 Å². The molecule has 2 aromatic rings. The summed E-state index contributed by atoms with van der Waals surface area (Å²) in [5.74, 6) is 1.43. The Balaban J connectivity index is 2.20. The van der Waals surface area contributed by atoms with Crippen LogP contribution in [0.2, 0.25) is 0 Å². The zero-order chi connectivity index (χ0) is 13.0. The molecular formula is C12H14BrN5. The summed E-state index contributed by atoms with van der Waals surface area (Å²) in [6.45, 7) is 0.694. The summed E-state index contributed by atoms with van der Waals surface area (Å²) in [4.78, 5) is 14.9. The molecule has 94 valence electrons. The third kappa shape index (κ3) is 2.95. The van der Waals surface area contributed by atoms with E-state index in [0.29, 0.717) is 12.5 Å². The molecule has 0 aromatic carbocycles. The number of aromatic nitrogens is 3. The quantitative estimate of drug-likeness (QED) is 0.939. The first-order chi connectivity index (χ1) is 8.70. The average Bonchev–Trinajstić information content (AvgIpc) is 2.40. The predicted octanol–water partition coefficient (Wildman–Crippen LogP) is 2.31. The number of anilines is 2. The highest BCUT2D eigenvalue weighted by molar-refractivity contribution is 9.10. The van der Waals surface area contributed by atoms with Gasteiger partial charge < -0.3 is 10.2 Å². The molecule has 0 aliphatic carbocycles. The molecule has 0 spiro atoms. The average molecular weight is 308 g/mol. The van der Waals surface area contributed by atoms with Gasteiger partial charge in [-0.2, -0.15) is 4.98 Å². The smallest absolute Gasteiger partial charge is 0.224 e. The van der Waals surface area contributed by atoms with Crippen LogP contribution in [0.1, 0.15) is 5.69 Å². The number of hydrogen-bond donors (Lipinski definition) is 1. The highest BCUT2D eigenvalue weighted by Gasteiger charge is 2.10. The molecule has 2 heterocycles. The Morgan fingerprint density at radius 1 is 1.33 bits per heavy atom. The van der Waals surface area contributed by atoms with Crippen LogP contribution in [-0.4, -0.2) is 29.0 Å². The molecule has 0 amide bonds. The number of rotatable bonds is 4. The Bertz CT molecular complexity index is 517. The molecule has 0 radical (unpaired) electrons. The minimum absolute atomic E-state index is 0.598. The summed E-state index contributed by atoms with van der Waals surface area (Å²) >= 11 is 3.46. The Morgan fingerprint density at radius 2 is 2.17 bits per heavy atom. The van der Waals surface area contributed by atoms with Gasteiger partial charge in [0.15, 0.2) is 0 Å². The summed E-state index contributed by atoms with van der Waals surface area (Å²) in [7, 11) is 3.77. The van der Waals surface area contributed by atoms with Crippen LogP contribution in [0.4, 0.5) is 11.8 Å². The van der Waals surface area contributed by atoms with Crippen LogP contribution in [0.5, 0.6) is 0 Å². The van der Waals surface area contributed by atoms with E-state index < -0.39 is 0 Å². The van der Waals surface area contributed by atoms with Gasteiger partial charge in [-0.1, -0.05) is 6.07 Å². The number of nitrogens with one attached hydrogen (secondary N) is 1. The molecule has 18 heavy (non-hydrogen) atoms. The molecule has 0 atom stereocenters.